The Labute approximate surface area is 186 Å². The highest BCUT2D eigenvalue weighted by molar-refractivity contribution is 5.81. The van der Waals surface area contributed by atoms with E-state index in [1.165, 1.54) is 24.0 Å². The number of rotatable bonds is 8. The van der Waals surface area contributed by atoms with Gasteiger partial charge in [-0.05, 0) is 61.1 Å². The minimum absolute atomic E-state index is 0.183. The maximum Gasteiger partial charge on any atom is 0.349 e. The van der Waals surface area contributed by atoms with Crippen molar-refractivity contribution >= 4 is 11.0 Å². The fourth-order valence-electron chi connectivity index (χ4n) is 3.90. The maximum atomic E-state index is 12.4. The second kappa shape index (κ2) is 9.44. The Morgan fingerprint density at radius 1 is 1.00 bits per heavy atom. The Morgan fingerprint density at radius 2 is 1.72 bits per heavy atom. The van der Waals surface area contributed by atoms with Gasteiger partial charge < -0.3 is 9.88 Å². The number of H-pyrrole nitrogens is 1. The molecule has 0 unspecified atom stereocenters. The van der Waals surface area contributed by atoms with Crippen LogP contribution in [0.1, 0.15) is 42.0 Å². The van der Waals surface area contributed by atoms with Crippen LogP contribution in [0.15, 0.2) is 46.0 Å². The highest BCUT2D eigenvalue weighted by Crippen LogP contribution is 2.23. The molecule has 32 heavy (non-hydrogen) atoms. The number of aromatic amines is 1. The lowest BCUT2D eigenvalue weighted by Gasteiger charge is -2.18. The molecule has 7 heteroatoms. The molecule has 0 bridgehead atoms. The van der Waals surface area contributed by atoms with E-state index in [2.05, 4.69) is 51.5 Å². The van der Waals surface area contributed by atoms with Crippen LogP contribution in [-0.4, -0.2) is 26.1 Å². The summed E-state index contributed by atoms with van der Waals surface area (Å²) in [6.07, 6.45) is 3.53. The molecule has 0 aliphatic carbocycles. The summed E-state index contributed by atoms with van der Waals surface area (Å²) < 4.78 is 1.92. The summed E-state index contributed by atoms with van der Waals surface area (Å²) in [6, 6.07) is 12.7. The zero-order valence-corrected chi connectivity index (χ0v) is 18.9. The number of aryl methyl sites for hydroxylation is 3. The first-order valence-corrected chi connectivity index (χ1v) is 11.2. The number of aromatic nitrogens is 4. The van der Waals surface area contributed by atoms with Crippen molar-refractivity contribution in [3.63, 3.8) is 0 Å². The molecule has 4 rings (SSSR count). The average Bonchev–Trinajstić information content (AvgIpc) is 2.77. The molecule has 0 spiro atoms. The first-order chi connectivity index (χ1) is 15.5. The van der Waals surface area contributed by atoms with Gasteiger partial charge in [-0.1, -0.05) is 37.6 Å². The van der Waals surface area contributed by atoms with E-state index >= 15 is 0 Å². The van der Waals surface area contributed by atoms with Crippen molar-refractivity contribution in [3.05, 3.63) is 79.5 Å². The topological polar surface area (TPSA) is 92.7 Å². The van der Waals surface area contributed by atoms with Gasteiger partial charge in [-0.25, -0.2) is 9.78 Å². The minimum Gasteiger partial charge on any atom is -0.321 e. The van der Waals surface area contributed by atoms with Gasteiger partial charge in [-0.15, -0.1) is 0 Å². The minimum atomic E-state index is -0.655. The molecule has 2 aromatic rings. The fraction of sp³-hybridized carbons (Fsp3) is 0.360. The molecular weight excluding hydrogens is 402 g/mol. The Morgan fingerprint density at radius 3 is 2.47 bits per heavy atom. The zero-order chi connectivity index (χ0) is 22.7. The molecule has 2 aliphatic rings. The Balaban J connectivity index is 1.57. The van der Waals surface area contributed by atoms with Crippen molar-refractivity contribution in [1.29, 1.82) is 0 Å². The van der Waals surface area contributed by atoms with Crippen LogP contribution >= 0.6 is 0 Å². The normalized spacial score (nSPS) is 11.5. The molecule has 0 amide bonds. The van der Waals surface area contributed by atoms with Crippen LogP contribution in [0.3, 0.4) is 0 Å². The number of unbranched alkanes of at least 4 members (excludes halogenated alkanes) is 1. The molecule has 7 nitrogen and oxygen atoms in total. The average molecular weight is 432 g/mol. The van der Waals surface area contributed by atoms with Gasteiger partial charge in [0.15, 0.2) is 11.5 Å². The molecule has 0 saturated carbocycles. The molecule has 0 fully saturated rings. The second-order valence-corrected chi connectivity index (χ2v) is 8.33. The largest absolute Gasteiger partial charge is 0.349 e. The summed E-state index contributed by atoms with van der Waals surface area (Å²) in [5.74, 6) is 0.316. The third-order valence-corrected chi connectivity index (χ3v) is 5.91. The van der Waals surface area contributed by atoms with E-state index in [4.69, 9.17) is 0 Å². The van der Waals surface area contributed by atoms with Crippen molar-refractivity contribution < 1.29 is 0 Å². The smallest absolute Gasteiger partial charge is 0.321 e. The summed E-state index contributed by atoms with van der Waals surface area (Å²) in [7, 11) is 0. The number of fused-ring (bicyclic) bond motifs is 2. The van der Waals surface area contributed by atoms with Crippen molar-refractivity contribution in [2.75, 3.05) is 6.54 Å². The van der Waals surface area contributed by atoms with Crippen LogP contribution in [0.4, 0.5) is 0 Å². The van der Waals surface area contributed by atoms with E-state index in [0.717, 1.165) is 29.6 Å². The van der Waals surface area contributed by atoms with Crippen LogP contribution in [0, 0.1) is 13.8 Å². The van der Waals surface area contributed by atoms with E-state index in [-0.39, 0.29) is 5.69 Å². The predicted octanol–water partition coefficient (Wildman–Crippen LogP) is 3.33. The fourth-order valence-corrected chi connectivity index (χ4v) is 3.90. The predicted molar refractivity (Wildman–Crippen MR) is 127 cm³/mol. The van der Waals surface area contributed by atoms with E-state index in [1.54, 1.807) is 0 Å². The van der Waals surface area contributed by atoms with Crippen LogP contribution < -0.4 is 16.6 Å². The third kappa shape index (κ3) is 4.62. The molecule has 0 saturated heterocycles. The zero-order valence-electron chi connectivity index (χ0n) is 18.9. The number of hydrogen-bond donors (Lipinski definition) is 2. The van der Waals surface area contributed by atoms with Crippen molar-refractivity contribution in [1.82, 2.24) is 24.8 Å². The first-order valence-electron chi connectivity index (χ1n) is 11.2. The molecule has 2 heterocycles. The first kappa shape index (κ1) is 21.9. The Hall–Kier alpha value is -3.32. The lowest BCUT2D eigenvalue weighted by atomic mass is 10.1. The van der Waals surface area contributed by atoms with Crippen molar-refractivity contribution in [2.45, 2.75) is 53.1 Å². The van der Waals surface area contributed by atoms with E-state index < -0.39 is 11.2 Å². The summed E-state index contributed by atoms with van der Waals surface area (Å²) in [5, 5.41) is 3.46. The molecule has 2 aliphatic heterocycles. The number of nitrogens with one attached hydrogen (secondary N) is 2. The van der Waals surface area contributed by atoms with Crippen LogP contribution in [0.2, 0.25) is 0 Å². The second-order valence-electron chi connectivity index (χ2n) is 8.33. The summed E-state index contributed by atoms with van der Waals surface area (Å²) in [6.45, 7) is 8.22. The number of benzene rings is 2. The molecule has 166 valence electrons. The highest BCUT2D eigenvalue weighted by Gasteiger charge is 2.19. The Kier molecular flexibility index (Phi) is 6.46. The summed E-state index contributed by atoms with van der Waals surface area (Å²) in [5.41, 5.74) is 5.41. The van der Waals surface area contributed by atoms with Gasteiger partial charge in [0, 0.05) is 19.6 Å². The van der Waals surface area contributed by atoms with Crippen molar-refractivity contribution in [3.8, 4) is 11.5 Å². The number of hydrogen-bond acceptors (Lipinski definition) is 5. The lowest BCUT2D eigenvalue weighted by molar-refractivity contribution is 0.602. The van der Waals surface area contributed by atoms with E-state index in [0.29, 0.717) is 24.4 Å². The molecule has 2 aromatic carbocycles. The molecular formula is C25H29N5O2. The van der Waals surface area contributed by atoms with Crippen LogP contribution in [0.5, 0.6) is 0 Å². The lowest BCUT2D eigenvalue weighted by Crippen LogP contribution is -2.30. The molecule has 2 N–H and O–H groups in total. The van der Waals surface area contributed by atoms with Gasteiger partial charge in [0.1, 0.15) is 0 Å². The molecule has 0 aromatic heterocycles. The maximum absolute atomic E-state index is 12.4. The van der Waals surface area contributed by atoms with E-state index in [9.17, 15) is 9.59 Å². The molecule has 0 radical (unpaired) electrons. The third-order valence-electron chi connectivity index (χ3n) is 5.91. The van der Waals surface area contributed by atoms with Gasteiger partial charge in [0.2, 0.25) is 0 Å². The number of nitrogens with zero attached hydrogens (tertiary/aromatic N) is 3. The van der Waals surface area contributed by atoms with Crippen LogP contribution in [0.25, 0.3) is 22.6 Å². The summed E-state index contributed by atoms with van der Waals surface area (Å²) in [4.78, 5) is 35.1. The van der Waals surface area contributed by atoms with Crippen LogP contribution in [-0.2, 0) is 19.5 Å². The van der Waals surface area contributed by atoms with Gasteiger partial charge >= 0.3 is 5.69 Å². The van der Waals surface area contributed by atoms with Gasteiger partial charge in [-0.3, -0.25) is 9.78 Å². The van der Waals surface area contributed by atoms with Gasteiger partial charge in [0.25, 0.3) is 5.56 Å². The summed E-state index contributed by atoms with van der Waals surface area (Å²) >= 11 is 0. The monoisotopic (exact) mass is 431 g/mol. The SMILES string of the molecule is CCCCc1ccc(CNCCn2c3nc(=O)[nH]c(=O)c-3nc3cc(C)c(C)cc32)cc1. The molecule has 0 atom stereocenters. The van der Waals surface area contributed by atoms with E-state index in [1.807, 2.05) is 30.5 Å². The highest BCUT2D eigenvalue weighted by atomic mass is 16.2. The standard InChI is InChI=1S/C25H29N5O2/c1-4-5-6-18-7-9-19(10-8-18)15-26-11-12-30-21-14-17(3)16(2)13-20(21)27-22-23(30)28-25(32)29-24(22)31/h7-10,13-14,26H,4-6,11-12,15H2,1-3H3,(H,29,31,32). The quantitative estimate of drug-likeness (QED) is 0.330. The van der Waals surface area contributed by atoms with Crippen molar-refractivity contribution in [2.24, 2.45) is 0 Å². The van der Waals surface area contributed by atoms with Gasteiger partial charge in [0.05, 0.1) is 11.0 Å². The van der Waals surface area contributed by atoms with Gasteiger partial charge in [-0.2, -0.15) is 4.98 Å². The Bertz CT molecular complexity index is 1320.